The molecule has 0 spiro atoms. The quantitative estimate of drug-likeness (QED) is 0.209. The van der Waals surface area contributed by atoms with Crippen molar-refractivity contribution in [3.63, 3.8) is 0 Å². The van der Waals surface area contributed by atoms with Crippen LogP contribution in [0.15, 0.2) is 54.6 Å². The average molecular weight is 679 g/mol. The summed E-state index contributed by atoms with van der Waals surface area (Å²) in [5.74, 6) is -7.67. The molecule has 11 nitrogen and oxygen atoms in total. The zero-order chi connectivity index (χ0) is 34.7. The van der Waals surface area contributed by atoms with Gasteiger partial charge >= 0.3 is 18.0 Å². The minimum atomic E-state index is -3.63. The number of amides is 4. The number of alkyl carbamates (subject to hydrolysis) is 1. The van der Waals surface area contributed by atoms with Gasteiger partial charge in [0.15, 0.2) is 12.2 Å². The van der Waals surface area contributed by atoms with Crippen LogP contribution in [0.5, 0.6) is 0 Å². The highest BCUT2D eigenvalue weighted by atomic mass is 35.5. The maximum absolute atomic E-state index is 15.6. The van der Waals surface area contributed by atoms with Crippen LogP contribution in [0.25, 0.3) is 0 Å². The number of esters is 1. The molecular weight excluding hydrogens is 638 g/mol. The molecule has 0 aliphatic carbocycles. The number of hydrogen-bond acceptors (Lipinski definition) is 7. The topological polar surface area (TPSA) is 152 Å². The minimum absolute atomic E-state index is 0.0591. The van der Waals surface area contributed by atoms with Gasteiger partial charge in [-0.1, -0.05) is 67.9 Å². The van der Waals surface area contributed by atoms with E-state index in [0.717, 1.165) is 13.0 Å². The summed E-state index contributed by atoms with van der Waals surface area (Å²) < 4.78 is 41.9. The van der Waals surface area contributed by atoms with Crippen molar-refractivity contribution in [2.45, 2.75) is 77.2 Å². The predicted molar refractivity (Wildman–Crippen MR) is 169 cm³/mol. The van der Waals surface area contributed by atoms with E-state index in [1.165, 1.54) is 32.0 Å². The van der Waals surface area contributed by atoms with Gasteiger partial charge in [0, 0.05) is 42.9 Å². The van der Waals surface area contributed by atoms with Crippen LogP contribution in [0, 0.1) is 11.8 Å². The number of likely N-dealkylation sites (N-methyl/N-ethyl adjacent to an activating group) is 1. The van der Waals surface area contributed by atoms with Gasteiger partial charge in [-0.05, 0) is 43.4 Å². The number of benzene rings is 2. The Morgan fingerprint density at radius 2 is 1.72 bits per heavy atom. The Hall–Kier alpha value is -4.26. The van der Waals surface area contributed by atoms with Gasteiger partial charge in [0.25, 0.3) is 5.91 Å². The molecule has 256 valence electrons. The number of nitrogens with one attached hydrogen (secondary N) is 4. The highest BCUT2D eigenvalue weighted by Crippen LogP contribution is 2.38. The van der Waals surface area contributed by atoms with Crippen LogP contribution in [0.1, 0.15) is 51.7 Å². The molecule has 2 aromatic rings. The Morgan fingerprint density at radius 1 is 1.02 bits per heavy atom. The van der Waals surface area contributed by atoms with Gasteiger partial charge in [-0.3, -0.25) is 19.2 Å². The first-order valence-corrected chi connectivity index (χ1v) is 15.8. The van der Waals surface area contributed by atoms with Gasteiger partial charge in [-0.2, -0.15) is 8.78 Å². The van der Waals surface area contributed by atoms with E-state index in [9.17, 15) is 24.0 Å². The Balaban J connectivity index is 1.91. The smallest absolute Gasteiger partial charge is 0.408 e. The number of hydrogen-bond donors (Lipinski definition) is 4. The molecule has 4 amide bonds. The summed E-state index contributed by atoms with van der Waals surface area (Å²) in [6.07, 6.45) is -4.45. The Kier molecular flexibility index (Phi) is 13.5. The summed E-state index contributed by atoms with van der Waals surface area (Å²) in [6.45, 7) is 6.28. The maximum Gasteiger partial charge on any atom is 0.408 e. The molecule has 0 bridgehead atoms. The summed E-state index contributed by atoms with van der Waals surface area (Å²) in [6, 6.07) is 11.1. The molecule has 0 saturated carbocycles. The lowest BCUT2D eigenvalue weighted by Crippen LogP contribution is -2.58. The number of rotatable bonds is 15. The van der Waals surface area contributed by atoms with Crippen molar-refractivity contribution < 1.29 is 42.2 Å². The number of carbonyl (C=O) groups is 5. The van der Waals surface area contributed by atoms with E-state index in [2.05, 4.69) is 21.3 Å². The molecule has 2 aromatic carbocycles. The van der Waals surface area contributed by atoms with Crippen molar-refractivity contribution in [3.05, 3.63) is 70.7 Å². The predicted octanol–water partition coefficient (Wildman–Crippen LogP) is 3.87. The zero-order valence-corrected chi connectivity index (χ0v) is 27.4. The van der Waals surface area contributed by atoms with Crippen LogP contribution in [-0.4, -0.2) is 67.2 Å². The molecular formula is C33H41ClF2N4O7. The molecule has 1 aliphatic heterocycles. The van der Waals surface area contributed by atoms with E-state index in [4.69, 9.17) is 21.1 Å². The molecule has 2 unspecified atom stereocenters. The number of carbonyl (C=O) groups excluding carboxylic acids is 5. The highest BCUT2D eigenvalue weighted by molar-refractivity contribution is 6.30. The summed E-state index contributed by atoms with van der Waals surface area (Å²) in [7, 11) is 0. The van der Waals surface area contributed by atoms with Crippen molar-refractivity contribution in [1.29, 1.82) is 0 Å². The fourth-order valence-corrected chi connectivity index (χ4v) is 5.52. The van der Waals surface area contributed by atoms with E-state index in [1.807, 2.05) is 0 Å². The van der Waals surface area contributed by atoms with Gasteiger partial charge in [-0.25, -0.2) is 4.79 Å². The van der Waals surface area contributed by atoms with E-state index in [1.54, 1.807) is 37.3 Å². The summed E-state index contributed by atoms with van der Waals surface area (Å²) in [4.78, 5) is 64.6. The van der Waals surface area contributed by atoms with Gasteiger partial charge in [0.1, 0.15) is 6.04 Å². The molecule has 1 fully saturated rings. The molecule has 3 rings (SSSR count). The second-order valence-corrected chi connectivity index (χ2v) is 12.1. The third kappa shape index (κ3) is 10.6. The largest absolute Gasteiger partial charge is 0.450 e. The highest BCUT2D eigenvalue weighted by Gasteiger charge is 2.47. The van der Waals surface area contributed by atoms with E-state index in [0.29, 0.717) is 18.5 Å². The molecule has 1 aliphatic rings. The number of alkyl halides is 2. The minimum Gasteiger partial charge on any atom is -0.450 e. The zero-order valence-electron chi connectivity index (χ0n) is 26.7. The second-order valence-electron chi connectivity index (χ2n) is 11.6. The van der Waals surface area contributed by atoms with Gasteiger partial charge < -0.3 is 30.7 Å². The normalized spacial score (nSPS) is 17.1. The summed E-state index contributed by atoms with van der Waals surface area (Å²) in [5.41, 5.74) is 0.167. The van der Waals surface area contributed by atoms with Crippen molar-refractivity contribution >= 4 is 41.4 Å². The van der Waals surface area contributed by atoms with E-state index < -0.39 is 71.5 Å². The molecule has 5 atom stereocenters. The maximum atomic E-state index is 15.6. The molecule has 4 N–H and O–H groups in total. The summed E-state index contributed by atoms with van der Waals surface area (Å²) in [5, 5.41) is 10.4. The van der Waals surface area contributed by atoms with Crippen LogP contribution in [0.4, 0.5) is 13.6 Å². The first-order chi connectivity index (χ1) is 22.2. The third-order valence-corrected chi connectivity index (χ3v) is 7.83. The molecule has 0 radical (unpaired) electrons. The van der Waals surface area contributed by atoms with E-state index >= 15 is 8.78 Å². The fourth-order valence-electron chi connectivity index (χ4n) is 5.33. The molecule has 14 heteroatoms. The number of ether oxygens (including phenoxy) is 2. The fraction of sp³-hybridized carbons (Fsp3) is 0.485. The monoisotopic (exact) mass is 678 g/mol. The van der Waals surface area contributed by atoms with Crippen LogP contribution in [0.3, 0.4) is 0 Å². The first-order valence-electron chi connectivity index (χ1n) is 15.4. The lowest BCUT2D eigenvalue weighted by atomic mass is 9.93. The molecule has 47 heavy (non-hydrogen) atoms. The van der Waals surface area contributed by atoms with Crippen LogP contribution in [-0.2, 0) is 41.0 Å². The van der Waals surface area contributed by atoms with Crippen LogP contribution < -0.4 is 21.3 Å². The lowest BCUT2D eigenvalue weighted by molar-refractivity contribution is -0.157. The first kappa shape index (κ1) is 37.2. The third-order valence-electron chi connectivity index (χ3n) is 7.59. The van der Waals surface area contributed by atoms with Crippen molar-refractivity contribution in [2.75, 3.05) is 13.1 Å². The molecule has 1 saturated heterocycles. The lowest BCUT2D eigenvalue weighted by Gasteiger charge is -2.31. The van der Waals surface area contributed by atoms with Crippen molar-refractivity contribution in [1.82, 2.24) is 21.3 Å². The standard InChI is InChI=1S/C33H41ClF2N4O7/c1-5-37-31(44)27(46-20(4)41)25(17-22-14-15-38-29(22)42)39-30(43)26(16-21-10-7-6-8-11-21)40-32(45)47-28(19(2)3)33(35,36)23-12-9-13-24(34)18-23/h6-13,18-19,22,25-28H,5,14-17H2,1-4H3,(H,37,44)(H,38,42)(H,39,43)(H,40,45)/t22-,25-,26-,27?,28?/m0/s1. The SMILES string of the molecule is CCNC(=O)C(OC(C)=O)[C@H](C[C@@H]1CCNC1=O)NC(=O)[C@H](Cc1ccccc1)NC(=O)OC(C(C)C)C(F)(F)c1cccc(Cl)c1. The molecule has 0 aromatic heterocycles. The Labute approximate surface area is 277 Å². The Morgan fingerprint density at radius 3 is 2.30 bits per heavy atom. The van der Waals surface area contributed by atoms with Crippen molar-refractivity contribution in [3.8, 4) is 0 Å². The van der Waals surface area contributed by atoms with Gasteiger partial charge in [-0.15, -0.1) is 0 Å². The molecule has 1 heterocycles. The van der Waals surface area contributed by atoms with Crippen molar-refractivity contribution in [2.24, 2.45) is 11.8 Å². The number of halogens is 3. The van der Waals surface area contributed by atoms with Crippen LogP contribution in [0.2, 0.25) is 5.02 Å². The van der Waals surface area contributed by atoms with Gasteiger partial charge in [0.05, 0.1) is 6.04 Å². The summed E-state index contributed by atoms with van der Waals surface area (Å²) >= 11 is 5.94. The Bertz CT molecular complexity index is 1410. The van der Waals surface area contributed by atoms with E-state index in [-0.39, 0.29) is 30.3 Å². The van der Waals surface area contributed by atoms with Crippen LogP contribution >= 0.6 is 11.6 Å². The second kappa shape index (κ2) is 17.1. The van der Waals surface area contributed by atoms with Gasteiger partial charge in [0.2, 0.25) is 11.8 Å². The average Bonchev–Trinajstić information content (AvgIpc) is 3.42.